The first-order valence-corrected chi connectivity index (χ1v) is 6.32. The highest BCUT2D eigenvalue weighted by molar-refractivity contribution is 7.07. The molecule has 0 fully saturated rings. The van der Waals surface area contributed by atoms with E-state index in [2.05, 4.69) is 20.5 Å². The highest BCUT2D eigenvalue weighted by atomic mass is 32.1. The molecule has 6 heteroatoms. The molecule has 0 unspecified atom stereocenters. The Labute approximate surface area is 107 Å². The van der Waals surface area contributed by atoms with Gasteiger partial charge in [0.05, 0.1) is 23.9 Å². The van der Waals surface area contributed by atoms with Gasteiger partial charge in [0, 0.05) is 16.5 Å². The Morgan fingerprint density at radius 3 is 3.06 bits per heavy atom. The van der Waals surface area contributed by atoms with Gasteiger partial charge in [-0.05, 0) is 6.07 Å². The number of anilines is 1. The number of aromatic amines is 1. The fourth-order valence-corrected chi connectivity index (χ4v) is 2.32. The van der Waals surface area contributed by atoms with E-state index in [0.29, 0.717) is 6.54 Å². The zero-order valence-corrected chi connectivity index (χ0v) is 10.2. The Hall–Kier alpha value is -2.21. The number of nitrogens with one attached hydrogen (secondary N) is 2. The van der Waals surface area contributed by atoms with Crippen molar-refractivity contribution in [2.45, 2.75) is 6.54 Å². The molecule has 0 aliphatic rings. The lowest BCUT2D eigenvalue weighted by Gasteiger charge is -2.06. The Kier molecular flexibility index (Phi) is 2.77. The molecule has 0 aliphatic heterocycles. The van der Waals surface area contributed by atoms with E-state index >= 15 is 0 Å². The molecule has 2 N–H and O–H groups in total. The van der Waals surface area contributed by atoms with E-state index in [1.807, 2.05) is 29.6 Å². The normalized spacial score (nSPS) is 10.7. The van der Waals surface area contributed by atoms with E-state index in [0.717, 1.165) is 33.6 Å². The molecule has 5 nitrogen and oxygen atoms in total. The van der Waals surface area contributed by atoms with Gasteiger partial charge in [-0.1, -0.05) is 29.5 Å². The summed E-state index contributed by atoms with van der Waals surface area (Å²) in [5.41, 5.74) is 2.62. The minimum Gasteiger partial charge on any atom is -0.378 e. The van der Waals surface area contributed by atoms with Gasteiger partial charge in [-0.2, -0.15) is 10.2 Å². The van der Waals surface area contributed by atoms with Crippen LogP contribution in [-0.2, 0) is 6.54 Å². The molecule has 0 aliphatic carbocycles. The highest BCUT2D eigenvalue weighted by Gasteiger charge is 2.02. The number of hydrogen-bond donors (Lipinski definition) is 2. The molecular formula is C12H10N4OS. The number of H-pyrrole nitrogens is 1. The van der Waals surface area contributed by atoms with Gasteiger partial charge in [-0.3, -0.25) is 4.79 Å². The predicted octanol–water partition coefficient (Wildman–Crippen LogP) is 1.99. The third-order valence-electron chi connectivity index (χ3n) is 2.59. The molecule has 0 amide bonds. The van der Waals surface area contributed by atoms with E-state index in [1.54, 1.807) is 6.20 Å². The van der Waals surface area contributed by atoms with Crippen molar-refractivity contribution in [3.8, 4) is 0 Å². The van der Waals surface area contributed by atoms with Crippen molar-refractivity contribution in [2.75, 3.05) is 5.32 Å². The van der Waals surface area contributed by atoms with Crippen molar-refractivity contribution in [3.63, 3.8) is 0 Å². The summed E-state index contributed by atoms with van der Waals surface area (Å²) in [4.78, 5) is 13.7. The molecule has 0 saturated heterocycles. The molecule has 0 saturated carbocycles. The second-order valence-corrected chi connectivity index (χ2v) is 4.64. The summed E-state index contributed by atoms with van der Waals surface area (Å²) >= 11 is 1.16. The number of benzene rings is 1. The molecule has 0 atom stereocenters. The van der Waals surface area contributed by atoms with Gasteiger partial charge < -0.3 is 10.3 Å². The summed E-state index contributed by atoms with van der Waals surface area (Å²) in [5.74, 6) is 0. The van der Waals surface area contributed by atoms with Crippen molar-refractivity contribution in [1.29, 1.82) is 0 Å². The molecule has 1 aromatic carbocycles. The average Bonchev–Trinajstić information content (AvgIpc) is 2.82. The summed E-state index contributed by atoms with van der Waals surface area (Å²) in [6, 6.07) is 7.79. The van der Waals surface area contributed by atoms with Crippen LogP contribution in [0.2, 0.25) is 0 Å². The fraction of sp³-hybridized carbons (Fsp3) is 0.0833. The van der Waals surface area contributed by atoms with Crippen LogP contribution in [0.25, 0.3) is 10.9 Å². The fourth-order valence-electron chi connectivity index (χ4n) is 1.74. The monoisotopic (exact) mass is 258 g/mol. The number of fused-ring (bicyclic) bond motifs is 1. The Morgan fingerprint density at radius 2 is 2.22 bits per heavy atom. The van der Waals surface area contributed by atoms with Gasteiger partial charge in [-0.15, -0.1) is 0 Å². The number of thiazole rings is 1. The summed E-state index contributed by atoms with van der Waals surface area (Å²) in [6.45, 7) is 0.564. The second-order valence-electron chi connectivity index (χ2n) is 3.80. The summed E-state index contributed by atoms with van der Waals surface area (Å²) < 4.78 is 0. The quantitative estimate of drug-likeness (QED) is 0.753. The van der Waals surface area contributed by atoms with Crippen LogP contribution in [0, 0.1) is 0 Å². The molecule has 3 rings (SSSR count). The van der Waals surface area contributed by atoms with Gasteiger partial charge in [0.25, 0.3) is 0 Å². The molecule has 18 heavy (non-hydrogen) atoms. The van der Waals surface area contributed by atoms with Gasteiger partial charge >= 0.3 is 4.87 Å². The molecule has 3 aromatic rings. The molecule has 90 valence electrons. The Morgan fingerprint density at radius 1 is 1.33 bits per heavy atom. The van der Waals surface area contributed by atoms with Gasteiger partial charge in [0.2, 0.25) is 0 Å². The minimum atomic E-state index is -0.0375. The first kappa shape index (κ1) is 10.9. The Bertz CT molecular complexity index is 729. The number of rotatable bonds is 3. The van der Waals surface area contributed by atoms with E-state index in [4.69, 9.17) is 0 Å². The van der Waals surface area contributed by atoms with Crippen molar-refractivity contribution in [3.05, 3.63) is 51.2 Å². The lowest BCUT2D eigenvalue weighted by atomic mass is 10.2. The van der Waals surface area contributed by atoms with Gasteiger partial charge in [0.15, 0.2) is 0 Å². The van der Waals surface area contributed by atoms with Crippen LogP contribution in [0.4, 0.5) is 5.69 Å². The van der Waals surface area contributed by atoms with E-state index in [1.165, 1.54) is 0 Å². The topological polar surface area (TPSA) is 70.7 Å². The van der Waals surface area contributed by atoms with E-state index in [-0.39, 0.29) is 4.87 Å². The third-order valence-corrected chi connectivity index (χ3v) is 3.31. The molecule has 2 heterocycles. The van der Waals surface area contributed by atoms with Crippen molar-refractivity contribution in [1.82, 2.24) is 15.2 Å². The first-order chi connectivity index (χ1) is 8.83. The molecule has 0 spiro atoms. The lowest BCUT2D eigenvalue weighted by molar-refractivity contribution is 1.04. The van der Waals surface area contributed by atoms with Crippen molar-refractivity contribution >= 4 is 27.9 Å². The largest absolute Gasteiger partial charge is 0.378 e. The third kappa shape index (κ3) is 2.10. The maximum atomic E-state index is 11.0. The van der Waals surface area contributed by atoms with Crippen molar-refractivity contribution < 1.29 is 0 Å². The molecular weight excluding hydrogens is 248 g/mol. The van der Waals surface area contributed by atoms with Crippen molar-refractivity contribution in [2.24, 2.45) is 0 Å². The average molecular weight is 258 g/mol. The summed E-state index contributed by atoms with van der Waals surface area (Å²) in [5, 5.41) is 14.1. The number of nitrogens with zero attached hydrogens (tertiary/aromatic N) is 2. The smallest absolute Gasteiger partial charge is 0.304 e. The SMILES string of the molecule is O=c1[nH]c(CNc2cnnc3ccccc23)cs1. The second kappa shape index (κ2) is 4.58. The predicted molar refractivity (Wildman–Crippen MR) is 71.8 cm³/mol. The zero-order chi connectivity index (χ0) is 12.4. The van der Waals surface area contributed by atoms with E-state index in [9.17, 15) is 4.79 Å². The van der Waals surface area contributed by atoms with Gasteiger partial charge in [-0.25, -0.2) is 0 Å². The standard InChI is InChI=1S/C12H10N4OS/c17-12-15-8(7-18-12)5-13-11-6-14-16-10-4-2-1-3-9(10)11/h1-4,6-7H,5H2,(H,13,16)(H,15,17). The summed E-state index contributed by atoms with van der Waals surface area (Å²) in [6.07, 6.45) is 1.69. The molecule has 0 radical (unpaired) electrons. The number of hydrogen-bond acceptors (Lipinski definition) is 5. The van der Waals surface area contributed by atoms with Crippen LogP contribution in [-0.4, -0.2) is 15.2 Å². The maximum Gasteiger partial charge on any atom is 0.304 e. The Balaban J connectivity index is 1.88. The van der Waals surface area contributed by atoms with Crippen LogP contribution in [0.15, 0.2) is 40.6 Å². The lowest BCUT2D eigenvalue weighted by Crippen LogP contribution is -2.03. The number of aromatic nitrogens is 3. The first-order valence-electron chi connectivity index (χ1n) is 5.44. The minimum absolute atomic E-state index is 0.0375. The summed E-state index contributed by atoms with van der Waals surface area (Å²) in [7, 11) is 0. The molecule has 2 aromatic heterocycles. The van der Waals surface area contributed by atoms with Crippen LogP contribution in [0.5, 0.6) is 0 Å². The highest BCUT2D eigenvalue weighted by Crippen LogP contribution is 2.20. The van der Waals surface area contributed by atoms with Crippen LogP contribution in [0.3, 0.4) is 0 Å². The zero-order valence-electron chi connectivity index (χ0n) is 9.38. The maximum absolute atomic E-state index is 11.0. The molecule has 0 bridgehead atoms. The van der Waals surface area contributed by atoms with Crippen LogP contribution in [0.1, 0.15) is 5.69 Å². The van der Waals surface area contributed by atoms with Crippen LogP contribution >= 0.6 is 11.3 Å². The van der Waals surface area contributed by atoms with E-state index < -0.39 is 0 Å². The van der Waals surface area contributed by atoms with Gasteiger partial charge in [0.1, 0.15) is 0 Å². The van der Waals surface area contributed by atoms with Crippen LogP contribution < -0.4 is 10.2 Å².